The van der Waals surface area contributed by atoms with Gasteiger partial charge in [-0.1, -0.05) is 23.7 Å². The van der Waals surface area contributed by atoms with Gasteiger partial charge in [0.2, 0.25) is 10.0 Å². The minimum absolute atomic E-state index is 0.607. The lowest BCUT2D eigenvalue weighted by molar-refractivity contribution is 0.227. The van der Waals surface area contributed by atoms with Gasteiger partial charge in [-0.15, -0.1) is 4.83 Å². The molecular formula is C17H19ClN4O2S. The van der Waals surface area contributed by atoms with Crippen molar-refractivity contribution in [3.8, 4) is 0 Å². The third-order valence-corrected chi connectivity index (χ3v) is 5.13. The standard InChI is InChI=1S/C17H19ClN4O2S/c18-16-3-1-15(2-4-16)7-14-25(23,24)20-22-12-10-21(11-13-22)17-5-8-19-9-6-17/h1-9,14,20H,10-13H2/b14-7+. The molecule has 25 heavy (non-hydrogen) atoms. The van der Waals surface area contributed by atoms with E-state index < -0.39 is 10.0 Å². The Labute approximate surface area is 152 Å². The van der Waals surface area contributed by atoms with Gasteiger partial charge in [-0.25, -0.2) is 13.4 Å². The van der Waals surface area contributed by atoms with Crippen molar-refractivity contribution in [3.63, 3.8) is 0 Å². The van der Waals surface area contributed by atoms with Crippen LogP contribution in [0, 0.1) is 0 Å². The molecule has 132 valence electrons. The second kappa shape index (κ2) is 7.97. The van der Waals surface area contributed by atoms with Gasteiger partial charge >= 0.3 is 0 Å². The number of pyridine rings is 1. The van der Waals surface area contributed by atoms with Gasteiger partial charge < -0.3 is 4.90 Å². The molecule has 1 aliphatic heterocycles. The van der Waals surface area contributed by atoms with E-state index in [0.717, 1.165) is 24.3 Å². The largest absolute Gasteiger partial charge is 0.369 e. The molecule has 1 aromatic heterocycles. The summed E-state index contributed by atoms with van der Waals surface area (Å²) in [6.45, 7) is 2.70. The van der Waals surface area contributed by atoms with Crippen LogP contribution in [0.25, 0.3) is 6.08 Å². The van der Waals surface area contributed by atoms with E-state index in [4.69, 9.17) is 11.6 Å². The number of sulfonamides is 1. The zero-order valence-corrected chi connectivity index (χ0v) is 15.1. The van der Waals surface area contributed by atoms with E-state index in [1.807, 2.05) is 12.1 Å². The molecule has 0 radical (unpaired) electrons. The SMILES string of the molecule is O=S(=O)(/C=C/c1ccc(Cl)cc1)NN1CCN(c2ccncc2)CC1. The van der Waals surface area contributed by atoms with Crippen molar-refractivity contribution < 1.29 is 8.42 Å². The summed E-state index contributed by atoms with van der Waals surface area (Å²) in [5, 5.41) is 3.51. The van der Waals surface area contributed by atoms with Crippen LogP contribution in [-0.4, -0.2) is 44.6 Å². The quantitative estimate of drug-likeness (QED) is 0.865. The van der Waals surface area contributed by atoms with Gasteiger partial charge in [0, 0.05) is 54.7 Å². The number of hydrazine groups is 1. The molecule has 0 bridgehead atoms. The highest BCUT2D eigenvalue weighted by Gasteiger charge is 2.20. The summed E-state index contributed by atoms with van der Waals surface area (Å²) in [6, 6.07) is 10.9. The Hall–Kier alpha value is -1.93. The summed E-state index contributed by atoms with van der Waals surface area (Å²) >= 11 is 5.82. The van der Waals surface area contributed by atoms with Crippen molar-refractivity contribution >= 4 is 33.4 Å². The lowest BCUT2D eigenvalue weighted by atomic mass is 10.2. The van der Waals surface area contributed by atoms with Gasteiger partial charge in [-0.2, -0.15) is 0 Å². The zero-order valence-electron chi connectivity index (χ0n) is 13.5. The molecular weight excluding hydrogens is 360 g/mol. The first kappa shape index (κ1) is 17.9. The van der Waals surface area contributed by atoms with Gasteiger partial charge in [-0.3, -0.25) is 4.98 Å². The topological polar surface area (TPSA) is 65.5 Å². The fraction of sp³-hybridized carbons (Fsp3) is 0.235. The maximum Gasteiger partial charge on any atom is 0.246 e. The average molecular weight is 379 g/mol. The van der Waals surface area contributed by atoms with Crippen LogP contribution in [-0.2, 0) is 10.0 Å². The molecule has 0 atom stereocenters. The van der Waals surface area contributed by atoms with Crippen molar-refractivity contribution in [2.75, 3.05) is 31.1 Å². The number of hydrogen-bond acceptors (Lipinski definition) is 5. The van der Waals surface area contributed by atoms with Crippen LogP contribution in [0.3, 0.4) is 0 Å². The average Bonchev–Trinajstić information content (AvgIpc) is 2.62. The number of anilines is 1. The Bertz CT molecular complexity index is 817. The number of benzene rings is 1. The number of halogens is 1. The third kappa shape index (κ3) is 5.27. The highest BCUT2D eigenvalue weighted by atomic mass is 35.5. The van der Waals surface area contributed by atoms with Crippen molar-refractivity contribution in [1.82, 2.24) is 14.8 Å². The normalized spacial score (nSPS) is 16.4. The van der Waals surface area contributed by atoms with Crippen LogP contribution in [0.4, 0.5) is 5.69 Å². The van der Waals surface area contributed by atoms with E-state index in [9.17, 15) is 8.42 Å². The second-order valence-electron chi connectivity index (χ2n) is 5.67. The number of rotatable bonds is 5. The minimum Gasteiger partial charge on any atom is -0.369 e. The van der Waals surface area contributed by atoms with Crippen LogP contribution in [0.2, 0.25) is 5.02 Å². The molecule has 6 nitrogen and oxygen atoms in total. The van der Waals surface area contributed by atoms with E-state index >= 15 is 0 Å². The Balaban J connectivity index is 1.54. The molecule has 0 spiro atoms. The molecule has 0 unspecified atom stereocenters. The predicted octanol–water partition coefficient (Wildman–Crippen LogP) is 2.36. The minimum atomic E-state index is -3.54. The highest BCUT2D eigenvalue weighted by molar-refractivity contribution is 7.92. The summed E-state index contributed by atoms with van der Waals surface area (Å²) in [6.07, 6.45) is 5.06. The predicted molar refractivity (Wildman–Crippen MR) is 101 cm³/mol. The van der Waals surface area contributed by atoms with Crippen molar-refractivity contribution in [1.29, 1.82) is 0 Å². The Kier molecular flexibility index (Phi) is 5.70. The summed E-state index contributed by atoms with van der Waals surface area (Å²) in [4.78, 5) is 8.82. The van der Waals surface area contributed by atoms with Gasteiger partial charge in [0.1, 0.15) is 0 Å². The van der Waals surface area contributed by atoms with Crippen LogP contribution in [0.1, 0.15) is 5.56 Å². The van der Waals surface area contributed by atoms with Crippen molar-refractivity contribution in [2.24, 2.45) is 0 Å². The van der Waals surface area contributed by atoms with Crippen LogP contribution < -0.4 is 9.73 Å². The molecule has 1 N–H and O–H groups in total. The lowest BCUT2D eigenvalue weighted by Gasteiger charge is -2.35. The first-order valence-corrected chi connectivity index (χ1v) is 9.80. The molecule has 1 aliphatic rings. The molecule has 2 heterocycles. The summed E-state index contributed by atoms with van der Waals surface area (Å²) in [5.74, 6) is 0. The molecule has 3 rings (SSSR count). The van der Waals surface area contributed by atoms with E-state index in [0.29, 0.717) is 18.1 Å². The molecule has 0 saturated carbocycles. The molecule has 1 fully saturated rings. The fourth-order valence-corrected chi connectivity index (χ4v) is 3.63. The number of aromatic nitrogens is 1. The van der Waals surface area contributed by atoms with Crippen LogP contribution in [0.15, 0.2) is 54.2 Å². The van der Waals surface area contributed by atoms with Gasteiger partial charge in [0.15, 0.2) is 0 Å². The third-order valence-electron chi connectivity index (χ3n) is 3.87. The number of hydrogen-bond donors (Lipinski definition) is 1. The number of piperazine rings is 1. The second-order valence-corrected chi connectivity index (χ2v) is 7.65. The summed E-state index contributed by atoms with van der Waals surface area (Å²) in [7, 11) is -3.54. The maximum atomic E-state index is 12.2. The first-order chi connectivity index (χ1) is 12.0. The van der Waals surface area contributed by atoms with Crippen LogP contribution >= 0.6 is 11.6 Å². The molecule has 2 aromatic rings. The van der Waals surface area contributed by atoms with Gasteiger partial charge in [-0.05, 0) is 35.9 Å². The van der Waals surface area contributed by atoms with Crippen molar-refractivity contribution in [3.05, 3.63) is 64.8 Å². The fourth-order valence-electron chi connectivity index (χ4n) is 2.56. The number of nitrogens with zero attached hydrogens (tertiary/aromatic N) is 3. The molecule has 8 heteroatoms. The maximum absolute atomic E-state index is 12.2. The van der Waals surface area contributed by atoms with E-state index in [-0.39, 0.29) is 0 Å². The monoisotopic (exact) mass is 378 g/mol. The van der Waals surface area contributed by atoms with Gasteiger partial charge in [0.05, 0.1) is 0 Å². The van der Waals surface area contributed by atoms with E-state index in [1.54, 1.807) is 47.7 Å². The zero-order chi connectivity index (χ0) is 17.7. The van der Waals surface area contributed by atoms with E-state index in [2.05, 4.69) is 14.7 Å². The smallest absolute Gasteiger partial charge is 0.246 e. The Morgan fingerprint density at radius 1 is 1.00 bits per heavy atom. The highest BCUT2D eigenvalue weighted by Crippen LogP contribution is 2.14. The molecule has 0 amide bonds. The van der Waals surface area contributed by atoms with Crippen molar-refractivity contribution in [2.45, 2.75) is 0 Å². The Morgan fingerprint density at radius 2 is 1.64 bits per heavy atom. The summed E-state index contributed by atoms with van der Waals surface area (Å²) < 4.78 is 24.4. The summed E-state index contributed by atoms with van der Waals surface area (Å²) in [5.41, 5.74) is 1.87. The first-order valence-electron chi connectivity index (χ1n) is 7.88. The number of nitrogens with one attached hydrogen (secondary N) is 1. The van der Waals surface area contributed by atoms with Gasteiger partial charge in [0.25, 0.3) is 0 Å². The molecule has 1 aromatic carbocycles. The molecule has 0 aliphatic carbocycles. The van der Waals surface area contributed by atoms with Crippen LogP contribution in [0.5, 0.6) is 0 Å². The Morgan fingerprint density at radius 3 is 2.28 bits per heavy atom. The van der Waals surface area contributed by atoms with E-state index in [1.165, 1.54) is 5.41 Å². The lowest BCUT2D eigenvalue weighted by Crippen LogP contribution is -2.53. The molecule has 1 saturated heterocycles.